The van der Waals surface area contributed by atoms with Gasteiger partial charge < -0.3 is 9.32 Å². The van der Waals surface area contributed by atoms with Gasteiger partial charge in [0.1, 0.15) is 17.1 Å². The van der Waals surface area contributed by atoms with Gasteiger partial charge in [0.05, 0.1) is 0 Å². The Morgan fingerprint density at radius 2 is 1.96 bits per heavy atom. The van der Waals surface area contributed by atoms with Crippen molar-refractivity contribution in [2.24, 2.45) is 5.92 Å². The maximum atomic E-state index is 12.9. The van der Waals surface area contributed by atoms with Gasteiger partial charge in [0.15, 0.2) is 0 Å². The number of benzene rings is 1. The van der Waals surface area contributed by atoms with Gasteiger partial charge in [0.2, 0.25) is 5.91 Å². The van der Waals surface area contributed by atoms with Crippen LogP contribution in [0, 0.1) is 12.8 Å². The molecule has 3 aliphatic heterocycles. The number of rotatable bonds is 2. The summed E-state index contributed by atoms with van der Waals surface area (Å²) in [7, 11) is 1.96. The van der Waals surface area contributed by atoms with Gasteiger partial charge in [0, 0.05) is 31.1 Å². The summed E-state index contributed by atoms with van der Waals surface area (Å²) in [5, 5.41) is 0. The van der Waals surface area contributed by atoms with Crippen molar-refractivity contribution >= 4 is 5.91 Å². The van der Waals surface area contributed by atoms with Crippen molar-refractivity contribution in [3.05, 3.63) is 47.7 Å². The molecule has 3 atom stereocenters. The number of likely N-dealkylation sites (N-methyl/N-ethyl adjacent to an activating group) is 1. The lowest BCUT2D eigenvalue weighted by molar-refractivity contribution is -0.135. The van der Waals surface area contributed by atoms with Crippen molar-refractivity contribution in [2.45, 2.75) is 37.8 Å². The summed E-state index contributed by atoms with van der Waals surface area (Å²) in [5.74, 6) is 2.68. The van der Waals surface area contributed by atoms with Gasteiger partial charge in [-0.3, -0.25) is 9.69 Å². The highest BCUT2D eigenvalue weighted by atomic mass is 16.3. The summed E-state index contributed by atoms with van der Waals surface area (Å²) < 4.78 is 5.73. The predicted octanol–water partition coefficient (Wildman–Crippen LogP) is 3.62. The van der Waals surface area contributed by atoms with Crippen molar-refractivity contribution < 1.29 is 9.21 Å². The second-order valence-corrected chi connectivity index (χ2v) is 7.89. The lowest BCUT2D eigenvalue weighted by Crippen LogP contribution is -2.49. The molecule has 0 saturated carbocycles. The van der Waals surface area contributed by atoms with E-state index >= 15 is 0 Å². The molecule has 0 bridgehead atoms. The third kappa shape index (κ3) is 2.00. The van der Waals surface area contributed by atoms with Gasteiger partial charge in [-0.2, -0.15) is 0 Å². The van der Waals surface area contributed by atoms with Gasteiger partial charge >= 0.3 is 0 Å². The molecule has 4 nitrogen and oxygen atoms in total. The molecular weight excluding hydrogens is 312 g/mol. The molecule has 25 heavy (non-hydrogen) atoms. The SMILES string of the molecule is Cc1ccc(-c2ccc([C@@H]3C[C@H]4CN(C)C(=O)[C@]45CCCN35)cc2)o1. The fraction of sp³-hybridized carbons (Fsp3) is 0.476. The van der Waals surface area contributed by atoms with Crippen LogP contribution in [-0.4, -0.2) is 41.4 Å². The molecule has 3 fully saturated rings. The van der Waals surface area contributed by atoms with Crippen molar-refractivity contribution in [2.75, 3.05) is 20.1 Å². The second kappa shape index (κ2) is 5.21. The number of hydrogen-bond acceptors (Lipinski definition) is 3. The Morgan fingerprint density at radius 3 is 2.68 bits per heavy atom. The van der Waals surface area contributed by atoms with Crippen molar-refractivity contribution in [3.63, 3.8) is 0 Å². The zero-order valence-electron chi connectivity index (χ0n) is 14.9. The van der Waals surface area contributed by atoms with Crippen LogP contribution >= 0.6 is 0 Å². The summed E-state index contributed by atoms with van der Waals surface area (Å²) in [4.78, 5) is 17.3. The van der Waals surface area contributed by atoms with E-state index < -0.39 is 0 Å². The molecule has 5 rings (SSSR count). The van der Waals surface area contributed by atoms with Crippen LogP contribution in [0.15, 0.2) is 40.8 Å². The molecule has 4 heterocycles. The Bertz CT molecular complexity index is 825. The maximum absolute atomic E-state index is 12.9. The van der Waals surface area contributed by atoms with Crippen LogP contribution in [0.4, 0.5) is 0 Å². The van der Waals surface area contributed by atoms with Crippen molar-refractivity contribution in [1.29, 1.82) is 0 Å². The molecule has 4 heteroatoms. The van der Waals surface area contributed by atoms with E-state index in [0.717, 1.165) is 49.4 Å². The zero-order valence-corrected chi connectivity index (χ0v) is 14.9. The number of carbonyl (C=O) groups is 1. The first-order chi connectivity index (χ1) is 12.1. The van der Waals surface area contributed by atoms with E-state index in [1.54, 1.807) is 0 Å². The highest BCUT2D eigenvalue weighted by Gasteiger charge is 2.64. The molecule has 1 aromatic carbocycles. The predicted molar refractivity (Wildman–Crippen MR) is 96.0 cm³/mol. The molecule has 0 unspecified atom stereocenters. The second-order valence-electron chi connectivity index (χ2n) is 7.89. The molecule has 0 radical (unpaired) electrons. The normalized spacial score (nSPS) is 31.6. The molecule has 0 aliphatic carbocycles. The summed E-state index contributed by atoms with van der Waals surface area (Å²) in [6.45, 7) is 3.92. The van der Waals surface area contributed by atoms with Crippen LogP contribution in [-0.2, 0) is 4.79 Å². The number of hydrogen-bond donors (Lipinski definition) is 0. The van der Waals surface area contributed by atoms with E-state index in [1.807, 2.05) is 31.0 Å². The van der Waals surface area contributed by atoms with Gasteiger partial charge in [-0.15, -0.1) is 0 Å². The molecule has 0 N–H and O–H groups in total. The van der Waals surface area contributed by atoms with E-state index in [-0.39, 0.29) is 5.54 Å². The quantitative estimate of drug-likeness (QED) is 0.840. The summed E-state index contributed by atoms with van der Waals surface area (Å²) >= 11 is 0. The van der Waals surface area contributed by atoms with Crippen LogP contribution in [0.1, 0.15) is 36.6 Å². The molecule has 1 amide bonds. The number of nitrogens with zero attached hydrogens (tertiary/aromatic N) is 2. The number of likely N-dealkylation sites (tertiary alicyclic amines) is 1. The fourth-order valence-electron chi connectivity index (χ4n) is 5.48. The molecule has 3 aliphatic rings. The highest BCUT2D eigenvalue weighted by Crippen LogP contribution is 2.55. The van der Waals surface area contributed by atoms with E-state index in [4.69, 9.17) is 4.42 Å². The summed E-state index contributed by atoms with van der Waals surface area (Å²) in [6.07, 6.45) is 3.26. The van der Waals surface area contributed by atoms with E-state index in [0.29, 0.717) is 17.9 Å². The molecule has 130 valence electrons. The summed E-state index contributed by atoms with van der Waals surface area (Å²) in [6, 6.07) is 13.1. The molecule has 1 spiro atoms. The third-order valence-electron chi connectivity index (χ3n) is 6.56. The Morgan fingerprint density at radius 1 is 1.16 bits per heavy atom. The maximum Gasteiger partial charge on any atom is 0.243 e. The Labute approximate surface area is 148 Å². The summed E-state index contributed by atoms with van der Waals surface area (Å²) in [5.41, 5.74) is 2.23. The van der Waals surface area contributed by atoms with E-state index in [9.17, 15) is 4.79 Å². The van der Waals surface area contributed by atoms with E-state index in [1.165, 1.54) is 5.56 Å². The lowest BCUT2D eigenvalue weighted by Gasteiger charge is -2.33. The highest BCUT2D eigenvalue weighted by molar-refractivity contribution is 5.90. The minimum absolute atomic E-state index is 0.212. The Balaban J connectivity index is 1.46. The monoisotopic (exact) mass is 336 g/mol. The van der Waals surface area contributed by atoms with Gasteiger partial charge in [0.25, 0.3) is 0 Å². The van der Waals surface area contributed by atoms with Gasteiger partial charge in [-0.1, -0.05) is 24.3 Å². The number of aryl methyl sites for hydroxylation is 1. The van der Waals surface area contributed by atoms with Crippen LogP contribution in [0.5, 0.6) is 0 Å². The zero-order chi connectivity index (χ0) is 17.2. The fourth-order valence-corrected chi connectivity index (χ4v) is 5.48. The molecule has 2 aromatic rings. The smallest absolute Gasteiger partial charge is 0.243 e. The Kier molecular flexibility index (Phi) is 3.17. The topological polar surface area (TPSA) is 36.7 Å². The van der Waals surface area contributed by atoms with Crippen molar-refractivity contribution in [3.8, 4) is 11.3 Å². The molecular formula is C21H24N2O2. The van der Waals surface area contributed by atoms with Crippen LogP contribution in [0.2, 0.25) is 0 Å². The van der Waals surface area contributed by atoms with Crippen LogP contribution in [0.25, 0.3) is 11.3 Å². The van der Waals surface area contributed by atoms with Gasteiger partial charge in [-0.05, 0) is 50.4 Å². The third-order valence-corrected chi connectivity index (χ3v) is 6.56. The first kappa shape index (κ1) is 15.2. The number of amides is 1. The minimum Gasteiger partial charge on any atom is -0.461 e. The standard InChI is InChI=1S/C21H24N2O2/c1-14-4-9-19(25-14)16-7-5-15(6-8-16)18-12-17-13-22(2)20(24)21(17)10-3-11-23(18)21/h4-9,17-18H,3,10-13H2,1-2H3/t17-,18-,21-/m0/s1. The van der Waals surface area contributed by atoms with Crippen molar-refractivity contribution in [1.82, 2.24) is 9.80 Å². The number of carbonyl (C=O) groups excluding carboxylic acids is 1. The largest absolute Gasteiger partial charge is 0.461 e. The lowest BCUT2D eigenvalue weighted by atomic mass is 9.85. The molecule has 1 aromatic heterocycles. The first-order valence-electron chi connectivity index (χ1n) is 9.29. The molecule has 3 saturated heterocycles. The van der Waals surface area contributed by atoms with Crippen LogP contribution < -0.4 is 0 Å². The Hall–Kier alpha value is -2.07. The number of furan rings is 1. The van der Waals surface area contributed by atoms with Gasteiger partial charge in [-0.25, -0.2) is 0 Å². The van der Waals surface area contributed by atoms with E-state index in [2.05, 4.69) is 29.2 Å². The minimum atomic E-state index is -0.212. The first-order valence-corrected chi connectivity index (χ1v) is 9.29. The van der Waals surface area contributed by atoms with Crippen LogP contribution in [0.3, 0.4) is 0 Å². The average molecular weight is 336 g/mol. The average Bonchev–Trinajstić information content (AvgIpc) is 3.33.